The summed E-state index contributed by atoms with van der Waals surface area (Å²) in [5, 5.41) is 10.5. The molecule has 0 aromatic heterocycles. The Morgan fingerprint density at radius 1 is 1.31 bits per heavy atom. The molecular formula is C13H26N2O. The Balaban J connectivity index is 1.84. The van der Waals surface area contributed by atoms with Crippen molar-refractivity contribution in [1.29, 1.82) is 0 Å². The standard InChI is InChI=1S/C13H26N2O/c1-11-5-8-15(9-12(11)14)10-13(16)6-3-2-4-7-13/h11-12,16H,2-10,14H2,1H3. The number of hydrogen-bond acceptors (Lipinski definition) is 3. The summed E-state index contributed by atoms with van der Waals surface area (Å²) >= 11 is 0. The van der Waals surface area contributed by atoms with E-state index in [-0.39, 0.29) is 0 Å². The molecule has 0 aromatic rings. The van der Waals surface area contributed by atoms with Crippen molar-refractivity contribution >= 4 is 0 Å². The number of likely N-dealkylation sites (tertiary alicyclic amines) is 1. The minimum absolute atomic E-state index is 0.293. The lowest BCUT2D eigenvalue weighted by Crippen LogP contribution is -2.53. The molecule has 16 heavy (non-hydrogen) atoms. The second-order valence-corrected chi connectivity index (χ2v) is 5.95. The van der Waals surface area contributed by atoms with Gasteiger partial charge in [0, 0.05) is 19.1 Å². The van der Waals surface area contributed by atoms with E-state index >= 15 is 0 Å². The van der Waals surface area contributed by atoms with E-state index in [0.29, 0.717) is 12.0 Å². The Bertz CT molecular complexity index is 226. The molecule has 0 bridgehead atoms. The van der Waals surface area contributed by atoms with Gasteiger partial charge in [0.1, 0.15) is 0 Å². The normalized spacial score (nSPS) is 36.2. The van der Waals surface area contributed by atoms with Crippen molar-refractivity contribution in [3.05, 3.63) is 0 Å². The first kappa shape index (κ1) is 12.3. The van der Waals surface area contributed by atoms with Gasteiger partial charge >= 0.3 is 0 Å². The molecule has 2 fully saturated rings. The van der Waals surface area contributed by atoms with E-state index in [4.69, 9.17) is 5.73 Å². The summed E-state index contributed by atoms with van der Waals surface area (Å²) in [5.41, 5.74) is 5.68. The van der Waals surface area contributed by atoms with E-state index in [0.717, 1.165) is 32.5 Å². The highest BCUT2D eigenvalue weighted by atomic mass is 16.3. The lowest BCUT2D eigenvalue weighted by molar-refractivity contribution is -0.0340. The van der Waals surface area contributed by atoms with Gasteiger partial charge < -0.3 is 10.8 Å². The zero-order chi connectivity index (χ0) is 11.6. The van der Waals surface area contributed by atoms with E-state index < -0.39 is 5.60 Å². The van der Waals surface area contributed by atoms with Gasteiger partial charge in [-0.3, -0.25) is 4.90 Å². The molecule has 2 aliphatic rings. The second-order valence-electron chi connectivity index (χ2n) is 5.95. The molecule has 0 radical (unpaired) electrons. The molecule has 0 amide bonds. The molecule has 2 unspecified atom stereocenters. The van der Waals surface area contributed by atoms with Crippen molar-refractivity contribution in [2.24, 2.45) is 11.7 Å². The molecule has 2 atom stereocenters. The number of rotatable bonds is 2. The van der Waals surface area contributed by atoms with Gasteiger partial charge in [-0.05, 0) is 31.7 Å². The summed E-state index contributed by atoms with van der Waals surface area (Å²) in [7, 11) is 0. The number of nitrogens with two attached hydrogens (primary N) is 1. The van der Waals surface area contributed by atoms with E-state index in [9.17, 15) is 5.11 Å². The number of aliphatic hydroxyl groups is 1. The maximum atomic E-state index is 10.5. The van der Waals surface area contributed by atoms with E-state index in [1.54, 1.807) is 0 Å². The fraction of sp³-hybridized carbons (Fsp3) is 1.00. The largest absolute Gasteiger partial charge is 0.389 e. The van der Waals surface area contributed by atoms with Crippen molar-refractivity contribution in [2.75, 3.05) is 19.6 Å². The predicted molar refractivity (Wildman–Crippen MR) is 66.2 cm³/mol. The monoisotopic (exact) mass is 226 g/mol. The quantitative estimate of drug-likeness (QED) is 0.747. The summed E-state index contributed by atoms with van der Waals surface area (Å²) in [4.78, 5) is 2.37. The Labute approximate surface area is 99.0 Å². The van der Waals surface area contributed by atoms with Gasteiger partial charge in [0.15, 0.2) is 0 Å². The third-order valence-corrected chi connectivity index (χ3v) is 4.40. The highest BCUT2D eigenvalue weighted by Gasteiger charge is 2.33. The van der Waals surface area contributed by atoms with Gasteiger partial charge in [0.2, 0.25) is 0 Å². The molecule has 0 spiro atoms. The van der Waals surface area contributed by atoms with Gasteiger partial charge in [0.05, 0.1) is 5.60 Å². The number of nitrogens with zero attached hydrogens (tertiary/aromatic N) is 1. The van der Waals surface area contributed by atoms with Gasteiger partial charge in [-0.2, -0.15) is 0 Å². The fourth-order valence-corrected chi connectivity index (χ4v) is 3.10. The van der Waals surface area contributed by atoms with Crippen LogP contribution < -0.4 is 5.73 Å². The Kier molecular flexibility index (Phi) is 3.88. The SMILES string of the molecule is CC1CCN(CC2(O)CCCCC2)CC1N. The van der Waals surface area contributed by atoms with Crippen LogP contribution in [0.2, 0.25) is 0 Å². The molecule has 1 aliphatic carbocycles. The molecule has 3 heteroatoms. The molecule has 94 valence electrons. The third-order valence-electron chi connectivity index (χ3n) is 4.40. The first-order chi connectivity index (χ1) is 7.59. The summed E-state index contributed by atoms with van der Waals surface area (Å²) in [6, 6.07) is 0.293. The molecule has 3 N–H and O–H groups in total. The van der Waals surface area contributed by atoms with Crippen LogP contribution in [0.3, 0.4) is 0 Å². The van der Waals surface area contributed by atoms with E-state index in [1.165, 1.54) is 25.7 Å². The first-order valence-corrected chi connectivity index (χ1v) is 6.79. The van der Waals surface area contributed by atoms with Crippen LogP contribution in [0.15, 0.2) is 0 Å². The van der Waals surface area contributed by atoms with Crippen LogP contribution in [0.4, 0.5) is 0 Å². The number of β-amino-alcohol motifs (C(OH)–C–C–N with tert-alkyl or cyclic N) is 1. The summed E-state index contributed by atoms with van der Waals surface area (Å²) in [6.07, 6.45) is 6.80. The molecule has 1 saturated carbocycles. The maximum Gasteiger partial charge on any atom is 0.0774 e. The average Bonchev–Trinajstić information content (AvgIpc) is 2.24. The lowest BCUT2D eigenvalue weighted by atomic mass is 9.83. The van der Waals surface area contributed by atoms with Crippen molar-refractivity contribution in [2.45, 2.75) is 57.1 Å². The zero-order valence-electron chi connectivity index (χ0n) is 10.5. The van der Waals surface area contributed by atoms with Crippen LogP contribution >= 0.6 is 0 Å². The Morgan fingerprint density at radius 2 is 2.00 bits per heavy atom. The lowest BCUT2D eigenvalue weighted by Gasteiger charge is -2.41. The topological polar surface area (TPSA) is 49.5 Å². The van der Waals surface area contributed by atoms with Crippen molar-refractivity contribution in [3.63, 3.8) is 0 Å². The molecule has 1 heterocycles. The molecule has 1 saturated heterocycles. The second kappa shape index (κ2) is 5.03. The molecule has 2 rings (SSSR count). The van der Waals surface area contributed by atoms with Crippen molar-refractivity contribution in [1.82, 2.24) is 4.90 Å². The van der Waals surface area contributed by atoms with Crippen LogP contribution in [-0.4, -0.2) is 41.3 Å². The third kappa shape index (κ3) is 2.96. The molecular weight excluding hydrogens is 200 g/mol. The van der Waals surface area contributed by atoms with Gasteiger partial charge in [0.25, 0.3) is 0 Å². The minimum atomic E-state index is -0.418. The van der Waals surface area contributed by atoms with Crippen LogP contribution in [-0.2, 0) is 0 Å². The zero-order valence-corrected chi connectivity index (χ0v) is 10.5. The summed E-state index contributed by atoms with van der Waals surface area (Å²) in [5.74, 6) is 0.636. The Morgan fingerprint density at radius 3 is 2.62 bits per heavy atom. The fourth-order valence-electron chi connectivity index (χ4n) is 3.10. The number of hydrogen-bond donors (Lipinski definition) is 2. The highest BCUT2D eigenvalue weighted by molar-refractivity contribution is 4.89. The highest BCUT2D eigenvalue weighted by Crippen LogP contribution is 2.29. The number of piperidine rings is 1. The van der Waals surface area contributed by atoms with Crippen molar-refractivity contribution in [3.8, 4) is 0 Å². The van der Waals surface area contributed by atoms with Gasteiger partial charge in [-0.1, -0.05) is 26.2 Å². The summed E-state index contributed by atoms with van der Waals surface area (Å²) < 4.78 is 0. The minimum Gasteiger partial charge on any atom is -0.389 e. The van der Waals surface area contributed by atoms with Crippen LogP contribution in [0.5, 0.6) is 0 Å². The molecule has 1 aliphatic heterocycles. The maximum absolute atomic E-state index is 10.5. The van der Waals surface area contributed by atoms with Gasteiger partial charge in [-0.25, -0.2) is 0 Å². The van der Waals surface area contributed by atoms with E-state index in [1.807, 2.05) is 0 Å². The predicted octanol–water partition coefficient (Wildman–Crippen LogP) is 1.35. The van der Waals surface area contributed by atoms with Crippen LogP contribution in [0.1, 0.15) is 45.4 Å². The smallest absolute Gasteiger partial charge is 0.0774 e. The average molecular weight is 226 g/mol. The van der Waals surface area contributed by atoms with Gasteiger partial charge in [-0.15, -0.1) is 0 Å². The van der Waals surface area contributed by atoms with Crippen LogP contribution in [0.25, 0.3) is 0 Å². The molecule has 3 nitrogen and oxygen atoms in total. The molecule has 0 aromatic carbocycles. The summed E-state index contributed by atoms with van der Waals surface area (Å²) in [6.45, 7) is 5.14. The Hall–Kier alpha value is -0.120. The van der Waals surface area contributed by atoms with E-state index in [2.05, 4.69) is 11.8 Å². The van der Waals surface area contributed by atoms with Crippen LogP contribution in [0, 0.1) is 5.92 Å². The first-order valence-electron chi connectivity index (χ1n) is 6.79. The van der Waals surface area contributed by atoms with Crippen molar-refractivity contribution < 1.29 is 5.11 Å².